The lowest BCUT2D eigenvalue weighted by molar-refractivity contribution is 0.0951. The highest BCUT2D eigenvalue weighted by Gasteiger charge is 2.08. The van der Waals surface area contributed by atoms with Gasteiger partial charge in [0.1, 0.15) is 5.76 Å². The minimum atomic E-state index is 0.147. The molecule has 0 atom stereocenters. The van der Waals surface area contributed by atoms with Gasteiger partial charge in [0.15, 0.2) is 11.5 Å². The van der Waals surface area contributed by atoms with Crippen LogP contribution in [0.4, 0.5) is 0 Å². The van der Waals surface area contributed by atoms with E-state index in [1.54, 1.807) is 6.07 Å². The number of hydrogen-bond donors (Lipinski definition) is 0. The van der Waals surface area contributed by atoms with Gasteiger partial charge in [-0.25, -0.2) is 0 Å². The van der Waals surface area contributed by atoms with Crippen LogP contribution >= 0.6 is 0 Å². The van der Waals surface area contributed by atoms with Crippen molar-refractivity contribution in [1.29, 1.82) is 0 Å². The first-order chi connectivity index (χ1) is 8.74. The summed E-state index contributed by atoms with van der Waals surface area (Å²) < 4.78 is 5.32. The van der Waals surface area contributed by atoms with Crippen LogP contribution in [-0.4, -0.2) is 5.78 Å². The molecule has 1 rings (SSSR count). The van der Waals surface area contributed by atoms with Gasteiger partial charge in [-0.3, -0.25) is 4.79 Å². The molecule has 1 heterocycles. The molecule has 0 N–H and O–H groups in total. The number of ketones is 1. The van der Waals surface area contributed by atoms with Crippen LogP contribution in [0.15, 0.2) is 16.5 Å². The Labute approximate surface area is 111 Å². The Hall–Kier alpha value is -1.05. The molecule has 0 aromatic carbocycles. The number of rotatable bonds is 10. The first-order valence-electron chi connectivity index (χ1n) is 7.33. The number of carbonyl (C=O) groups excluding carboxylic acids is 1. The molecule has 0 fully saturated rings. The standard InChI is InChI=1S/C16H26O2/c1-3-4-5-6-7-8-9-10-11-15(17)16-13-12-14(2)18-16/h12-13H,3-11H2,1-2H3. The van der Waals surface area contributed by atoms with E-state index in [-0.39, 0.29) is 5.78 Å². The molecule has 1 aromatic heterocycles. The Morgan fingerprint density at radius 1 is 1.00 bits per heavy atom. The molecule has 0 unspecified atom stereocenters. The van der Waals surface area contributed by atoms with Gasteiger partial charge < -0.3 is 4.42 Å². The maximum absolute atomic E-state index is 11.7. The summed E-state index contributed by atoms with van der Waals surface area (Å²) in [5.41, 5.74) is 0. The van der Waals surface area contributed by atoms with Crippen molar-refractivity contribution in [2.24, 2.45) is 0 Å². The monoisotopic (exact) mass is 250 g/mol. The van der Waals surface area contributed by atoms with Gasteiger partial charge >= 0.3 is 0 Å². The minimum absolute atomic E-state index is 0.147. The van der Waals surface area contributed by atoms with Gasteiger partial charge in [0, 0.05) is 6.42 Å². The molecule has 0 spiro atoms. The summed E-state index contributed by atoms with van der Waals surface area (Å²) in [5.74, 6) is 1.49. The zero-order valence-corrected chi connectivity index (χ0v) is 11.8. The van der Waals surface area contributed by atoms with Crippen LogP contribution in [-0.2, 0) is 0 Å². The van der Waals surface area contributed by atoms with Gasteiger partial charge in [0.05, 0.1) is 0 Å². The SMILES string of the molecule is CCCCCCCCCCC(=O)c1ccc(C)o1. The fourth-order valence-electron chi connectivity index (χ4n) is 2.13. The Bertz CT molecular complexity index is 339. The van der Waals surface area contributed by atoms with Crippen molar-refractivity contribution in [1.82, 2.24) is 0 Å². The lowest BCUT2D eigenvalue weighted by Crippen LogP contribution is -1.96. The quantitative estimate of drug-likeness (QED) is 0.416. The van der Waals surface area contributed by atoms with Crippen molar-refractivity contribution in [3.63, 3.8) is 0 Å². The smallest absolute Gasteiger partial charge is 0.197 e. The van der Waals surface area contributed by atoms with Crippen LogP contribution in [0.25, 0.3) is 0 Å². The number of unbranched alkanes of at least 4 members (excludes halogenated alkanes) is 7. The molecule has 0 amide bonds. The van der Waals surface area contributed by atoms with E-state index < -0.39 is 0 Å². The van der Waals surface area contributed by atoms with Crippen molar-refractivity contribution >= 4 is 5.78 Å². The first kappa shape index (κ1) is 15.0. The molecule has 2 heteroatoms. The highest BCUT2D eigenvalue weighted by Crippen LogP contribution is 2.13. The number of aryl methyl sites for hydroxylation is 1. The molecule has 0 aliphatic rings. The molecule has 0 radical (unpaired) electrons. The van der Waals surface area contributed by atoms with Gasteiger partial charge in [0.25, 0.3) is 0 Å². The molecule has 18 heavy (non-hydrogen) atoms. The van der Waals surface area contributed by atoms with E-state index in [1.807, 2.05) is 13.0 Å². The number of hydrogen-bond acceptors (Lipinski definition) is 2. The summed E-state index contributed by atoms with van der Waals surface area (Å²) >= 11 is 0. The van der Waals surface area contributed by atoms with Crippen molar-refractivity contribution in [2.45, 2.75) is 71.6 Å². The molecular formula is C16H26O2. The van der Waals surface area contributed by atoms with E-state index in [2.05, 4.69) is 6.92 Å². The zero-order chi connectivity index (χ0) is 13.2. The summed E-state index contributed by atoms with van der Waals surface area (Å²) in [5, 5.41) is 0. The summed E-state index contributed by atoms with van der Waals surface area (Å²) in [7, 11) is 0. The van der Waals surface area contributed by atoms with E-state index in [1.165, 1.54) is 38.5 Å². The summed E-state index contributed by atoms with van der Waals surface area (Å²) in [6.45, 7) is 4.11. The van der Waals surface area contributed by atoms with Gasteiger partial charge in [0.2, 0.25) is 0 Å². The van der Waals surface area contributed by atoms with E-state index in [9.17, 15) is 4.79 Å². The van der Waals surface area contributed by atoms with E-state index in [0.29, 0.717) is 12.2 Å². The van der Waals surface area contributed by atoms with E-state index >= 15 is 0 Å². The van der Waals surface area contributed by atoms with Crippen molar-refractivity contribution < 1.29 is 9.21 Å². The van der Waals surface area contributed by atoms with Crippen molar-refractivity contribution in [3.8, 4) is 0 Å². The summed E-state index contributed by atoms with van der Waals surface area (Å²) in [6.07, 6.45) is 10.7. The first-order valence-corrected chi connectivity index (χ1v) is 7.33. The largest absolute Gasteiger partial charge is 0.458 e. The van der Waals surface area contributed by atoms with Crippen LogP contribution in [0, 0.1) is 6.92 Å². The lowest BCUT2D eigenvalue weighted by Gasteiger charge is -2.00. The average Bonchev–Trinajstić information content (AvgIpc) is 2.79. The van der Waals surface area contributed by atoms with E-state index in [0.717, 1.165) is 18.6 Å². The molecule has 1 aromatic rings. The Kier molecular flexibility index (Phi) is 7.47. The summed E-state index contributed by atoms with van der Waals surface area (Å²) in [4.78, 5) is 11.7. The lowest BCUT2D eigenvalue weighted by atomic mass is 10.1. The Morgan fingerprint density at radius 2 is 1.61 bits per heavy atom. The molecular weight excluding hydrogens is 224 g/mol. The predicted octanol–water partition coefficient (Wildman–Crippen LogP) is 5.30. The van der Waals surface area contributed by atoms with Crippen molar-refractivity contribution in [2.75, 3.05) is 0 Å². The predicted molar refractivity (Wildman–Crippen MR) is 75.0 cm³/mol. The normalized spacial score (nSPS) is 10.8. The summed E-state index contributed by atoms with van der Waals surface area (Å²) in [6, 6.07) is 3.63. The molecule has 0 aliphatic heterocycles. The number of carbonyl (C=O) groups is 1. The highest BCUT2D eigenvalue weighted by molar-refractivity contribution is 5.93. The second kappa shape index (κ2) is 8.96. The molecule has 0 saturated heterocycles. The second-order valence-electron chi connectivity index (χ2n) is 5.06. The molecule has 0 saturated carbocycles. The third-order valence-electron chi connectivity index (χ3n) is 3.27. The third-order valence-corrected chi connectivity index (χ3v) is 3.27. The van der Waals surface area contributed by atoms with Crippen molar-refractivity contribution in [3.05, 3.63) is 23.7 Å². The van der Waals surface area contributed by atoms with Gasteiger partial charge in [-0.1, -0.05) is 51.9 Å². The molecule has 102 valence electrons. The maximum Gasteiger partial charge on any atom is 0.197 e. The van der Waals surface area contributed by atoms with Gasteiger partial charge in [-0.15, -0.1) is 0 Å². The Morgan fingerprint density at radius 3 is 2.17 bits per heavy atom. The Balaban J connectivity index is 1.99. The van der Waals surface area contributed by atoms with Crippen LogP contribution in [0.5, 0.6) is 0 Å². The third kappa shape index (κ3) is 6.04. The van der Waals surface area contributed by atoms with Crippen LogP contribution in [0.2, 0.25) is 0 Å². The molecule has 0 bridgehead atoms. The fourth-order valence-corrected chi connectivity index (χ4v) is 2.13. The van der Waals surface area contributed by atoms with Gasteiger partial charge in [-0.05, 0) is 25.5 Å². The van der Waals surface area contributed by atoms with Gasteiger partial charge in [-0.2, -0.15) is 0 Å². The fraction of sp³-hybridized carbons (Fsp3) is 0.688. The second-order valence-corrected chi connectivity index (χ2v) is 5.06. The number of Topliss-reactive ketones (excluding diaryl/α,β-unsaturated/α-hetero) is 1. The molecule has 2 nitrogen and oxygen atoms in total. The van der Waals surface area contributed by atoms with Crippen LogP contribution in [0.3, 0.4) is 0 Å². The highest BCUT2D eigenvalue weighted by atomic mass is 16.3. The average molecular weight is 250 g/mol. The molecule has 0 aliphatic carbocycles. The maximum atomic E-state index is 11.7. The zero-order valence-electron chi connectivity index (χ0n) is 11.8. The van der Waals surface area contributed by atoms with E-state index in [4.69, 9.17) is 4.42 Å². The van der Waals surface area contributed by atoms with Crippen LogP contribution < -0.4 is 0 Å². The minimum Gasteiger partial charge on any atom is -0.458 e. The van der Waals surface area contributed by atoms with Crippen LogP contribution in [0.1, 0.15) is 81.0 Å². The number of furan rings is 1. The topological polar surface area (TPSA) is 30.2 Å².